The van der Waals surface area contributed by atoms with Gasteiger partial charge in [0.15, 0.2) is 0 Å². The summed E-state index contributed by atoms with van der Waals surface area (Å²) in [6.07, 6.45) is 7.35. The van der Waals surface area contributed by atoms with E-state index < -0.39 is 0 Å². The normalized spacial score (nSPS) is 23.9. The van der Waals surface area contributed by atoms with Crippen molar-refractivity contribution in [3.63, 3.8) is 0 Å². The van der Waals surface area contributed by atoms with Crippen molar-refractivity contribution in [3.05, 3.63) is 95.8 Å². The Bertz CT molecular complexity index is 754. The van der Waals surface area contributed by atoms with Crippen molar-refractivity contribution in [2.75, 3.05) is 26.4 Å². The van der Waals surface area contributed by atoms with E-state index in [9.17, 15) is 5.11 Å². The summed E-state index contributed by atoms with van der Waals surface area (Å²) in [6.45, 7) is 3.26. The fourth-order valence-corrected chi connectivity index (χ4v) is 3.35. The van der Waals surface area contributed by atoms with Crippen molar-refractivity contribution in [2.45, 2.75) is 24.0 Å². The van der Waals surface area contributed by atoms with E-state index in [0.29, 0.717) is 18.0 Å². The van der Waals surface area contributed by atoms with Gasteiger partial charge in [-0.05, 0) is 29.7 Å². The van der Waals surface area contributed by atoms with Gasteiger partial charge >= 0.3 is 0 Å². The second-order valence-corrected chi connectivity index (χ2v) is 7.32. The molecule has 0 radical (unpaired) electrons. The molecule has 2 aromatic rings. The van der Waals surface area contributed by atoms with Crippen molar-refractivity contribution in [1.29, 1.82) is 0 Å². The largest absolute Gasteiger partial charge is 0.508 e. The third-order valence-electron chi connectivity index (χ3n) is 5.16. The van der Waals surface area contributed by atoms with Crippen LogP contribution in [0.25, 0.3) is 0 Å². The maximum Gasteiger partial charge on any atom is 0.111 e. The molecule has 5 rings (SSSR count). The Morgan fingerprint density at radius 1 is 0.857 bits per heavy atom. The molecule has 0 aromatic heterocycles. The topological polar surface area (TPSA) is 54.5 Å². The Morgan fingerprint density at radius 3 is 1.75 bits per heavy atom. The van der Waals surface area contributed by atoms with Gasteiger partial charge in [-0.15, -0.1) is 0 Å². The van der Waals surface area contributed by atoms with E-state index in [1.54, 1.807) is 6.08 Å². The Kier molecular flexibility index (Phi) is 5.91. The van der Waals surface area contributed by atoms with Crippen LogP contribution < -0.4 is 0 Å². The molecule has 3 aliphatic rings. The maximum atomic E-state index is 9.61. The van der Waals surface area contributed by atoms with Gasteiger partial charge in [-0.1, -0.05) is 66.7 Å². The molecule has 2 saturated heterocycles. The van der Waals surface area contributed by atoms with Gasteiger partial charge in [-0.25, -0.2) is 0 Å². The molecular weight excluding hydrogens is 352 g/mol. The molecule has 4 heteroatoms. The predicted octanol–water partition coefficient (Wildman–Crippen LogP) is 4.18. The SMILES string of the molecule is C(OCC1CO1)C1CO1.OC1=CCC(c2ccccc2)(c2ccccc2)C=C1. The molecule has 2 unspecified atom stereocenters. The van der Waals surface area contributed by atoms with Crippen molar-refractivity contribution in [1.82, 2.24) is 0 Å². The van der Waals surface area contributed by atoms with Crippen molar-refractivity contribution in [3.8, 4) is 0 Å². The molecule has 1 N–H and O–H groups in total. The van der Waals surface area contributed by atoms with Crippen LogP contribution in [0.3, 0.4) is 0 Å². The third kappa shape index (κ3) is 4.90. The summed E-state index contributed by atoms with van der Waals surface area (Å²) in [5.41, 5.74) is 2.33. The lowest BCUT2D eigenvalue weighted by Crippen LogP contribution is -2.26. The number of epoxide rings is 2. The van der Waals surface area contributed by atoms with Crippen LogP contribution in [0.5, 0.6) is 0 Å². The molecule has 0 spiro atoms. The monoisotopic (exact) mass is 378 g/mol. The molecular formula is C24H26O4. The van der Waals surface area contributed by atoms with E-state index in [1.807, 2.05) is 18.2 Å². The number of aliphatic hydroxyl groups is 1. The molecule has 0 saturated carbocycles. The van der Waals surface area contributed by atoms with Crippen LogP contribution in [0.1, 0.15) is 17.5 Å². The average molecular weight is 378 g/mol. The van der Waals surface area contributed by atoms with Crippen molar-refractivity contribution in [2.24, 2.45) is 0 Å². The number of rotatable bonds is 6. The van der Waals surface area contributed by atoms with Crippen LogP contribution in [0.2, 0.25) is 0 Å². The number of allylic oxidation sites excluding steroid dienone is 3. The molecule has 0 bridgehead atoms. The van der Waals surface area contributed by atoms with Crippen LogP contribution in [0.15, 0.2) is 84.7 Å². The summed E-state index contributed by atoms with van der Waals surface area (Å²) in [6, 6.07) is 20.9. The fourth-order valence-electron chi connectivity index (χ4n) is 3.35. The zero-order chi connectivity index (χ0) is 19.2. The minimum absolute atomic E-state index is 0.172. The minimum Gasteiger partial charge on any atom is -0.508 e. The first-order chi connectivity index (χ1) is 13.8. The van der Waals surface area contributed by atoms with Gasteiger partial charge in [0.25, 0.3) is 0 Å². The van der Waals surface area contributed by atoms with Gasteiger partial charge in [0, 0.05) is 5.41 Å². The highest BCUT2D eigenvalue weighted by Gasteiger charge is 2.32. The highest BCUT2D eigenvalue weighted by Crippen LogP contribution is 2.39. The van der Waals surface area contributed by atoms with Crippen LogP contribution in [-0.4, -0.2) is 43.7 Å². The van der Waals surface area contributed by atoms with Gasteiger partial charge in [0.05, 0.1) is 26.4 Å². The lowest BCUT2D eigenvalue weighted by atomic mass is 9.70. The first kappa shape index (κ1) is 18.9. The van der Waals surface area contributed by atoms with E-state index in [4.69, 9.17) is 14.2 Å². The van der Waals surface area contributed by atoms with Crippen LogP contribution >= 0.6 is 0 Å². The summed E-state index contributed by atoms with van der Waals surface area (Å²) in [5, 5.41) is 9.61. The quantitative estimate of drug-likeness (QED) is 0.767. The molecule has 2 heterocycles. The maximum absolute atomic E-state index is 9.61. The van der Waals surface area contributed by atoms with E-state index in [1.165, 1.54) is 11.1 Å². The number of aliphatic hydroxyl groups excluding tert-OH is 1. The van der Waals surface area contributed by atoms with Crippen molar-refractivity contribution < 1.29 is 19.3 Å². The van der Waals surface area contributed by atoms with Crippen LogP contribution in [0, 0.1) is 0 Å². The van der Waals surface area contributed by atoms with Crippen LogP contribution in [-0.2, 0) is 19.6 Å². The minimum atomic E-state index is -0.172. The molecule has 1 aliphatic carbocycles. The average Bonchev–Trinajstić information content (AvgIpc) is 3.67. The first-order valence-electron chi connectivity index (χ1n) is 9.77. The van der Waals surface area contributed by atoms with Gasteiger partial charge in [0.1, 0.15) is 18.0 Å². The highest BCUT2D eigenvalue weighted by molar-refractivity contribution is 5.48. The molecule has 2 aliphatic heterocycles. The summed E-state index contributed by atoms with van der Waals surface area (Å²) < 4.78 is 15.1. The zero-order valence-corrected chi connectivity index (χ0v) is 15.9. The van der Waals surface area contributed by atoms with Gasteiger partial charge in [-0.3, -0.25) is 0 Å². The molecule has 0 amide bonds. The highest BCUT2D eigenvalue weighted by atomic mass is 16.6. The predicted molar refractivity (Wildman–Crippen MR) is 108 cm³/mol. The Balaban J connectivity index is 0.000000177. The smallest absolute Gasteiger partial charge is 0.111 e. The van der Waals surface area contributed by atoms with E-state index in [0.717, 1.165) is 32.8 Å². The molecule has 146 valence electrons. The van der Waals surface area contributed by atoms with Gasteiger partial charge in [0.2, 0.25) is 0 Å². The van der Waals surface area contributed by atoms with Gasteiger partial charge in [-0.2, -0.15) is 0 Å². The van der Waals surface area contributed by atoms with E-state index in [-0.39, 0.29) is 5.41 Å². The van der Waals surface area contributed by atoms with Crippen molar-refractivity contribution >= 4 is 0 Å². The molecule has 4 nitrogen and oxygen atoms in total. The summed E-state index contributed by atoms with van der Waals surface area (Å²) in [4.78, 5) is 0. The summed E-state index contributed by atoms with van der Waals surface area (Å²) in [5.74, 6) is 0.350. The fraction of sp³-hybridized carbons (Fsp3) is 0.333. The van der Waals surface area contributed by atoms with Crippen LogP contribution in [0.4, 0.5) is 0 Å². The Hall–Kier alpha value is -2.40. The molecule has 2 aromatic carbocycles. The lowest BCUT2D eigenvalue weighted by Gasteiger charge is -2.33. The van der Waals surface area contributed by atoms with E-state index in [2.05, 4.69) is 54.6 Å². The second kappa shape index (κ2) is 8.74. The Morgan fingerprint density at radius 2 is 1.36 bits per heavy atom. The van der Waals surface area contributed by atoms with Gasteiger partial charge < -0.3 is 19.3 Å². The number of hydrogen-bond acceptors (Lipinski definition) is 4. The standard InChI is InChI=1S/C18H16O.C6H10O3/c19-17-11-13-18(14-12-17,15-7-3-1-4-8-15)16-9-5-2-6-10-16;1(5-3-8-5)7-2-6-4-9-6/h1-13,19H,14H2;5-6H,1-4H2. The van der Waals surface area contributed by atoms with E-state index >= 15 is 0 Å². The summed E-state index contributed by atoms with van der Waals surface area (Å²) >= 11 is 0. The molecule has 28 heavy (non-hydrogen) atoms. The second-order valence-electron chi connectivity index (χ2n) is 7.32. The number of ether oxygens (including phenoxy) is 3. The first-order valence-corrected chi connectivity index (χ1v) is 9.77. The number of hydrogen-bond donors (Lipinski definition) is 1. The zero-order valence-electron chi connectivity index (χ0n) is 15.9. The molecule has 2 atom stereocenters. The Labute approximate surface area is 166 Å². The molecule has 2 fully saturated rings. The third-order valence-corrected chi connectivity index (χ3v) is 5.16. The number of benzene rings is 2. The summed E-state index contributed by atoms with van der Waals surface area (Å²) in [7, 11) is 0. The lowest BCUT2D eigenvalue weighted by molar-refractivity contribution is 0.102.